The quantitative estimate of drug-likeness (QED) is 0.314. The molecule has 0 saturated heterocycles. The van der Waals surface area contributed by atoms with Gasteiger partial charge in [0.1, 0.15) is 11.3 Å². The van der Waals surface area contributed by atoms with Crippen LogP contribution in [0.25, 0.3) is 16.6 Å². The molecule has 2 aromatic heterocycles. The van der Waals surface area contributed by atoms with Crippen LogP contribution in [0.1, 0.15) is 36.5 Å². The summed E-state index contributed by atoms with van der Waals surface area (Å²) in [5, 5.41) is 16.7. The van der Waals surface area contributed by atoms with Crippen LogP contribution in [0.3, 0.4) is 0 Å². The first-order valence-electron chi connectivity index (χ1n) is 11.2. The zero-order valence-electron chi connectivity index (χ0n) is 19.6. The highest BCUT2D eigenvalue weighted by atomic mass is 32.1. The molecular formula is C27H24FN5OS. The van der Waals surface area contributed by atoms with Gasteiger partial charge in [-0.15, -0.1) is 10.2 Å². The zero-order chi connectivity index (χ0) is 24.6. The number of halogens is 1. The van der Waals surface area contributed by atoms with Crippen LogP contribution in [0.15, 0.2) is 78.4 Å². The molecule has 1 N–H and O–H groups in total. The first-order valence-corrected chi connectivity index (χ1v) is 12.1. The molecule has 0 aliphatic heterocycles. The highest BCUT2D eigenvalue weighted by Crippen LogP contribution is 2.43. The molecule has 5 rings (SSSR count). The second-order valence-corrected chi connectivity index (χ2v) is 9.89. The topological polar surface area (TPSA) is 72.7 Å². The van der Waals surface area contributed by atoms with Crippen molar-refractivity contribution in [3.05, 3.63) is 101 Å². The summed E-state index contributed by atoms with van der Waals surface area (Å²) in [6.07, 6.45) is 1.80. The third-order valence-electron chi connectivity index (χ3n) is 6.38. The molecule has 0 aliphatic rings. The number of carbonyl (C=O) groups is 1. The van der Waals surface area contributed by atoms with Crippen LogP contribution in [0, 0.1) is 18.2 Å². The van der Waals surface area contributed by atoms with E-state index in [4.69, 9.17) is 0 Å². The summed E-state index contributed by atoms with van der Waals surface area (Å²) in [5.74, 6) is -0.651. The fourth-order valence-corrected chi connectivity index (χ4v) is 4.97. The maximum Gasteiger partial charge on any atom is 0.232 e. The number of nitrogens with one attached hydrogen (secondary N) is 1. The Labute approximate surface area is 206 Å². The van der Waals surface area contributed by atoms with Crippen molar-refractivity contribution in [2.24, 2.45) is 5.41 Å². The van der Waals surface area contributed by atoms with E-state index in [0.717, 1.165) is 33.3 Å². The van der Waals surface area contributed by atoms with Crippen LogP contribution in [-0.2, 0) is 4.79 Å². The number of anilines is 1. The number of amides is 1. The Balaban J connectivity index is 1.60. The van der Waals surface area contributed by atoms with Crippen LogP contribution in [0.4, 0.5) is 9.52 Å². The number of rotatable bonds is 6. The summed E-state index contributed by atoms with van der Waals surface area (Å²) >= 11 is 1.29. The minimum absolute atomic E-state index is 0.135. The Morgan fingerprint density at radius 2 is 1.86 bits per heavy atom. The van der Waals surface area contributed by atoms with Gasteiger partial charge in [-0.2, -0.15) is 5.10 Å². The summed E-state index contributed by atoms with van der Waals surface area (Å²) in [6, 6.07) is 20.5. The summed E-state index contributed by atoms with van der Waals surface area (Å²) < 4.78 is 15.2. The maximum atomic E-state index is 13.5. The zero-order valence-corrected chi connectivity index (χ0v) is 20.4. The average Bonchev–Trinajstić information content (AvgIpc) is 3.51. The van der Waals surface area contributed by atoms with Crippen molar-refractivity contribution in [2.45, 2.75) is 26.7 Å². The fraction of sp³-hybridized carbons (Fsp3) is 0.185. The molecule has 0 bridgehead atoms. The van der Waals surface area contributed by atoms with E-state index >= 15 is 0 Å². The van der Waals surface area contributed by atoms with Gasteiger partial charge in [0.05, 0.1) is 22.8 Å². The smallest absolute Gasteiger partial charge is 0.232 e. The molecule has 1 atom stereocenters. The van der Waals surface area contributed by atoms with E-state index in [1.54, 1.807) is 28.5 Å². The molecule has 8 heteroatoms. The van der Waals surface area contributed by atoms with E-state index in [2.05, 4.69) is 45.7 Å². The second kappa shape index (κ2) is 9.03. The highest BCUT2D eigenvalue weighted by molar-refractivity contribution is 7.13. The Bertz CT molecular complexity index is 1490. The van der Waals surface area contributed by atoms with E-state index < -0.39 is 5.41 Å². The highest BCUT2D eigenvalue weighted by Gasteiger charge is 2.40. The van der Waals surface area contributed by atoms with Gasteiger partial charge < -0.3 is 5.32 Å². The van der Waals surface area contributed by atoms with Gasteiger partial charge in [0.25, 0.3) is 0 Å². The standard InChI is InChI=1S/C27H24FN5OS/c1-17-6-4-5-7-22(17)24(27(2,3)25(34)31-26-32-29-16-35-26)18-8-13-23-19(14-18)15-30-33(23)21-11-9-20(28)10-12-21/h4-16,24H,1-3H3,(H,31,32,34). The second-order valence-electron chi connectivity index (χ2n) is 9.06. The lowest BCUT2D eigenvalue weighted by molar-refractivity contribution is -0.124. The van der Waals surface area contributed by atoms with Crippen molar-refractivity contribution in [3.63, 3.8) is 0 Å². The minimum Gasteiger partial charge on any atom is -0.300 e. The molecule has 0 aliphatic carbocycles. The predicted octanol–water partition coefficient (Wildman–Crippen LogP) is 6.12. The molecule has 0 saturated carbocycles. The molecule has 0 radical (unpaired) electrons. The van der Waals surface area contributed by atoms with Crippen LogP contribution in [0.5, 0.6) is 0 Å². The normalized spacial score (nSPS) is 12.6. The van der Waals surface area contributed by atoms with Crippen LogP contribution >= 0.6 is 11.3 Å². The molecule has 35 heavy (non-hydrogen) atoms. The predicted molar refractivity (Wildman–Crippen MR) is 136 cm³/mol. The van der Waals surface area contributed by atoms with E-state index in [-0.39, 0.29) is 17.6 Å². The molecule has 1 amide bonds. The molecule has 5 aromatic rings. The lowest BCUT2D eigenvalue weighted by Crippen LogP contribution is -2.37. The molecule has 0 spiro atoms. The average molecular weight is 486 g/mol. The number of hydrogen-bond donors (Lipinski definition) is 1. The first-order chi connectivity index (χ1) is 16.8. The molecule has 2 heterocycles. The van der Waals surface area contributed by atoms with E-state index in [0.29, 0.717) is 5.13 Å². The number of carbonyl (C=O) groups excluding carboxylic acids is 1. The van der Waals surface area contributed by atoms with Crippen molar-refractivity contribution in [1.82, 2.24) is 20.0 Å². The van der Waals surface area contributed by atoms with Crippen molar-refractivity contribution >= 4 is 33.3 Å². The summed E-state index contributed by atoms with van der Waals surface area (Å²) in [5.41, 5.74) is 5.66. The summed E-state index contributed by atoms with van der Waals surface area (Å²) in [7, 11) is 0. The van der Waals surface area contributed by atoms with Gasteiger partial charge in [-0.05, 0) is 60.0 Å². The minimum atomic E-state index is -0.807. The third-order valence-corrected chi connectivity index (χ3v) is 6.99. The largest absolute Gasteiger partial charge is 0.300 e. The molecule has 1 unspecified atom stereocenters. The SMILES string of the molecule is Cc1ccccc1C(c1ccc2c(cnn2-c2ccc(F)cc2)c1)C(C)(C)C(=O)Nc1nncs1. The van der Waals surface area contributed by atoms with Crippen molar-refractivity contribution < 1.29 is 9.18 Å². The molecule has 176 valence electrons. The van der Waals surface area contributed by atoms with Gasteiger partial charge in [0.2, 0.25) is 11.0 Å². The summed E-state index contributed by atoms with van der Waals surface area (Å²) in [6.45, 7) is 5.96. The van der Waals surface area contributed by atoms with Crippen molar-refractivity contribution in [2.75, 3.05) is 5.32 Å². The number of nitrogens with zero attached hydrogens (tertiary/aromatic N) is 4. The number of fused-ring (bicyclic) bond motifs is 1. The Hall–Kier alpha value is -3.91. The lowest BCUT2D eigenvalue weighted by Gasteiger charge is -2.34. The Kier molecular flexibility index (Phi) is 5.90. The number of benzene rings is 3. The Morgan fingerprint density at radius 1 is 1.09 bits per heavy atom. The number of aromatic nitrogens is 4. The van der Waals surface area contributed by atoms with E-state index in [1.165, 1.54) is 23.5 Å². The van der Waals surface area contributed by atoms with Gasteiger partial charge in [0, 0.05) is 11.3 Å². The van der Waals surface area contributed by atoms with E-state index in [9.17, 15) is 9.18 Å². The number of aryl methyl sites for hydroxylation is 1. The first kappa shape index (κ1) is 22.9. The van der Waals surface area contributed by atoms with Gasteiger partial charge in [-0.3, -0.25) is 4.79 Å². The van der Waals surface area contributed by atoms with Gasteiger partial charge in [-0.1, -0.05) is 55.5 Å². The molecule has 6 nitrogen and oxygen atoms in total. The van der Waals surface area contributed by atoms with Crippen molar-refractivity contribution in [1.29, 1.82) is 0 Å². The molecule has 3 aromatic carbocycles. The fourth-order valence-electron chi connectivity index (χ4n) is 4.53. The number of hydrogen-bond acceptors (Lipinski definition) is 5. The molecular weight excluding hydrogens is 461 g/mol. The van der Waals surface area contributed by atoms with Crippen LogP contribution in [0.2, 0.25) is 0 Å². The van der Waals surface area contributed by atoms with Crippen LogP contribution < -0.4 is 5.32 Å². The molecule has 0 fully saturated rings. The van der Waals surface area contributed by atoms with Crippen molar-refractivity contribution in [3.8, 4) is 5.69 Å². The van der Waals surface area contributed by atoms with E-state index in [1.807, 2.05) is 38.1 Å². The monoisotopic (exact) mass is 485 g/mol. The van der Waals surface area contributed by atoms with Gasteiger partial charge >= 0.3 is 0 Å². The van der Waals surface area contributed by atoms with Gasteiger partial charge in [0.15, 0.2) is 0 Å². The maximum absolute atomic E-state index is 13.5. The van der Waals surface area contributed by atoms with Gasteiger partial charge in [-0.25, -0.2) is 9.07 Å². The van der Waals surface area contributed by atoms with Crippen LogP contribution in [-0.4, -0.2) is 25.9 Å². The third kappa shape index (κ3) is 4.33. The summed E-state index contributed by atoms with van der Waals surface area (Å²) in [4.78, 5) is 13.5. The lowest BCUT2D eigenvalue weighted by atomic mass is 9.69. The Morgan fingerprint density at radius 3 is 2.57 bits per heavy atom.